The van der Waals surface area contributed by atoms with Gasteiger partial charge >= 0.3 is 0 Å². The molecular weight excluding hydrogens is 238 g/mol. The lowest BCUT2D eigenvalue weighted by Crippen LogP contribution is -2.26. The third-order valence-corrected chi connectivity index (χ3v) is 3.11. The van der Waals surface area contributed by atoms with Gasteiger partial charge in [-0.05, 0) is 43.0 Å². The minimum atomic E-state index is 0.584. The van der Waals surface area contributed by atoms with Crippen LogP contribution in [0.15, 0.2) is 18.2 Å². The first kappa shape index (κ1) is 15.8. The van der Waals surface area contributed by atoms with E-state index in [-0.39, 0.29) is 0 Å². The van der Waals surface area contributed by atoms with E-state index < -0.39 is 0 Å². The zero-order valence-corrected chi connectivity index (χ0v) is 12.8. The van der Waals surface area contributed by atoms with Crippen molar-refractivity contribution in [3.8, 4) is 11.5 Å². The number of hydrogen-bond acceptors (Lipinski definition) is 3. The summed E-state index contributed by atoms with van der Waals surface area (Å²) in [5, 5.41) is 3.50. The number of hydrogen-bond donors (Lipinski definition) is 1. The fourth-order valence-corrected chi connectivity index (χ4v) is 2.09. The molecule has 0 aliphatic heterocycles. The molecule has 108 valence electrons. The van der Waals surface area contributed by atoms with Crippen LogP contribution in [0.2, 0.25) is 0 Å². The Labute approximate surface area is 117 Å². The molecule has 1 rings (SSSR count). The summed E-state index contributed by atoms with van der Waals surface area (Å²) in [5.74, 6) is 3.03. The molecular formula is C16H27NO2. The van der Waals surface area contributed by atoms with E-state index in [9.17, 15) is 0 Å². The predicted octanol–water partition coefficient (Wildman–Crippen LogP) is 3.13. The number of ether oxygens (including phenoxy) is 2. The molecule has 3 nitrogen and oxygen atoms in total. The summed E-state index contributed by atoms with van der Waals surface area (Å²) >= 11 is 0. The van der Waals surface area contributed by atoms with Gasteiger partial charge in [-0.15, -0.1) is 0 Å². The summed E-state index contributed by atoms with van der Waals surface area (Å²) in [6.45, 7) is 8.82. The van der Waals surface area contributed by atoms with Gasteiger partial charge in [-0.2, -0.15) is 0 Å². The van der Waals surface area contributed by atoms with Gasteiger partial charge in [0.2, 0.25) is 0 Å². The zero-order chi connectivity index (χ0) is 14.3. The van der Waals surface area contributed by atoms with Crippen molar-refractivity contribution in [2.75, 3.05) is 27.3 Å². The molecule has 1 unspecified atom stereocenters. The summed E-state index contributed by atoms with van der Waals surface area (Å²) in [6.07, 6.45) is 1.01. The van der Waals surface area contributed by atoms with E-state index >= 15 is 0 Å². The average molecular weight is 265 g/mol. The van der Waals surface area contributed by atoms with Crippen LogP contribution in [-0.4, -0.2) is 27.3 Å². The van der Waals surface area contributed by atoms with Gasteiger partial charge in [-0.25, -0.2) is 0 Å². The van der Waals surface area contributed by atoms with Crippen LogP contribution in [-0.2, 0) is 6.42 Å². The molecule has 0 saturated heterocycles. The van der Waals surface area contributed by atoms with Crippen LogP contribution in [0, 0.1) is 11.8 Å². The highest BCUT2D eigenvalue weighted by molar-refractivity contribution is 5.40. The summed E-state index contributed by atoms with van der Waals surface area (Å²) in [6, 6.07) is 6.03. The molecule has 0 heterocycles. The molecule has 0 aromatic heterocycles. The van der Waals surface area contributed by atoms with Crippen molar-refractivity contribution in [1.29, 1.82) is 0 Å². The van der Waals surface area contributed by atoms with Crippen molar-refractivity contribution in [3.05, 3.63) is 23.8 Å². The van der Waals surface area contributed by atoms with Gasteiger partial charge in [-0.1, -0.05) is 26.8 Å². The Morgan fingerprint density at radius 2 is 1.79 bits per heavy atom. The van der Waals surface area contributed by atoms with Gasteiger partial charge in [0.15, 0.2) is 0 Å². The van der Waals surface area contributed by atoms with Crippen molar-refractivity contribution >= 4 is 0 Å². The summed E-state index contributed by atoms with van der Waals surface area (Å²) in [4.78, 5) is 0. The first-order valence-corrected chi connectivity index (χ1v) is 6.98. The maximum Gasteiger partial charge on any atom is 0.125 e. The van der Waals surface area contributed by atoms with Crippen molar-refractivity contribution in [1.82, 2.24) is 5.32 Å². The second-order valence-corrected chi connectivity index (χ2v) is 5.54. The number of rotatable bonds is 8. The van der Waals surface area contributed by atoms with E-state index in [0.717, 1.165) is 31.0 Å². The van der Waals surface area contributed by atoms with Crippen molar-refractivity contribution in [3.63, 3.8) is 0 Å². The van der Waals surface area contributed by atoms with Gasteiger partial charge in [-0.3, -0.25) is 0 Å². The SMILES string of the molecule is COc1ccc(CC(C)CNCC(C)C)c(OC)c1. The van der Waals surface area contributed by atoms with Gasteiger partial charge in [0, 0.05) is 6.07 Å². The van der Waals surface area contributed by atoms with E-state index in [1.54, 1.807) is 14.2 Å². The zero-order valence-electron chi connectivity index (χ0n) is 12.8. The van der Waals surface area contributed by atoms with Gasteiger partial charge in [0.25, 0.3) is 0 Å². The van der Waals surface area contributed by atoms with Crippen molar-refractivity contribution in [2.45, 2.75) is 27.2 Å². The highest BCUT2D eigenvalue weighted by Crippen LogP contribution is 2.26. The third-order valence-electron chi connectivity index (χ3n) is 3.11. The number of benzene rings is 1. The highest BCUT2D eigenvalue weighted by atomic mass is 16.5. The standard InChI is InChI=1S/C16H27NO2/c1-12(2)10-17-11-13(3)8-14-6-7-15(18-4)9-16(14)19-5/h6-7,9,12-13,17H,8,10-11H2,1-5H3. The molecule has 19 heavy (non-hydrogen) atoms. The smallest absolute Gasteiger partial charge is 0.125 e. The van der Waals surface area contributed by atoms with E-state index in [4.69, 9.17) is 9.47 Å². The Morgan fingerprint density at radius 3 is 2.37 bits per heavy atom. The minimum absolute atomic E-state index is 0.584. The topological polar surface area (TPSA) is 30.5 Å². The number of nitrogens with one attached hydrogen (secondary N) is 1. The molecule has 0 fully saturated rings. The Balaban J connectivity index is 2.55. The largest absolute Gasteiger partial charge is 0.497 e. The van der Waals surface area contributed by atoms with Gasteiger partial charge in [0.1, 0.15) is 11.5 Å². The highest BCUT2D eigenvalue weighted by Gasteiger charge is 2.09. The lowest BCUT2D eigenvalue weighted by atomic mass is 10.00. The Morgan fingerprint density at radius 1 is 1.05 bits per heavy atom. The van der Waals surface area contributed by atoms with Crippen LogP contribution in [0.4, 0.5) is 0 Å². The molecule has 0 bridgehead atoms. The van der Waals surface area contributed by atoms with Crippen molar-refractivity contribution < 1.29 is 9.47 Å². The molecule has 1 atom stereocenters. The molecule has 1 aromatic rings. The molecule has 3 heteroatoms. The second kappa shape index (κ2) is 8.05. The van der Waals surface area contributed by atoms with Crippen LogP contribution in [0.1, 0.15) is 26.3 Å². The monoisotopic (exact) mass is 265 g/mol. The molecule has 1 N–H and O–H groups in total. The molecule has 0 aliphatic rings. The Hall–Kier alpha value is -1.22. The quantitative estimate of drug-likeness (QED) is 0.783. The van der Waals surface area contributed by atoms with E-state index in [1.165, 1.54) is 5.56 Å². The Kier molecular flexibility index (Phi) is 6.71. The molecule has 0 spiro atoms. The first-order chi connectivity index (χ1) is 9.06. The first-order valence-electron chi connectivity index (χ1n) is 6.98. The number of methoxy groups -OCH3 is 2. The summed E-state index contributed by atoms with van der Waals surface area (Å²) in [5.41, 5.74) is 1.24. The van der Waals surface area contributed by atoms with Crippen molar-refractivity contribution in [2.24, 2.45) is 11.8 Å². The van der Waals surface area contributed by atoms with Crippen LogP contribution >= 0.6 is 0 Å². The fraction of sp³-hybridized carbons (Fsp3) is 0.625. The maximum absolute atomic E-state index is 5.43. The molecule has 0 aliphatic carbocycles. The van der Waals surface area contributed by atoms with E-state index in [2.05, 4.69) is 32.2 Å². The van der Waals surface area contributed by atoms with Crippen LogP contribution in [0.5, 0.6) is 11.5 Å². The van der Waals surface area contributed by atoms with Crippen LogP contribution in [0.25, 0.3) is 0 Å². The second-order valence-electron chi connectivity index (χ2n) is 5.54. The van der Waals surface area contributed by atoms with Crippen LogP contribution in [0.3, 0.4) is 0 Å². The van der Waals surface area contributed by atoms with Gasteiger partial charge in [0.05, 0.1) is 14.2 Å². The fourth-order valence-electron chi connectivity index (χ4n) is 2.09. The minimum Gasteiger partial charge on any atom is -0.497 e. The molecule has 1 aromatic carbocycles. The lowest BCUT2D eigenvalue weighted by molar-refractivity contribution is 0.387. The van der Waals surface area contributed by atoms with Crippen LogP contribution < -0.4 is 14.8 Å². The summed E-state index contributed by atoms with van der Waals surface area (Å²) in [7, 11) is 3.38. The normalized spacial score (nSPS) is 12.5. The Bertz CT molecular complexity index is 377. The van der Waals surface area contributed by atoms with Gasteiger partial charge < -0.3 is 14.8 Å². The average Bonchev–Trinajstić information content (AvgIpc) is 2.38. The lowest BCUT2D eigenvalue weighted by Gasteiger charge is -2.16. The predicted molar refractivity (Wildman–Crippen MR) is 80.1 cm³/mol. The molecule has 0 amide bonds. The van der Waals surface area contributed by atoms with E-state index in [1.807, 2.05) is 12.1 Å². The molecule has 0 radical (unpaired) electrons. The third kappa shape index (κ3) is 5.52. The molecule has 0 saturated carbocycles. The summed E-state index contributed by atoms with van der Waals surface area (Å²) < 4.78 is 10.6. The maximum atomic E-state index is 5.43. The van der Waals surface area contributed by atoms with E-state index in [0.29, 0.717) is 11.8 Å².